The monoisotopic (exact) mass is 273 g/mol. The quantitative estimate of drug-likeness (QED) is 0.741. The van der Waals surface area contributed by atoms with Crippen molar-refractivity contribution in [3.63, 3.8) is 0 Å². The second-order valence-electron chi connectivity index (χ2n) is 4.74. The zero-order chi connectivity index (χ0) is 14.2. The van der Waals surface area contributed by atoms with Crippen LogP contribution in [0.15, 0.2) is 18.3 Å². The van der Waals surface area contributed by atoms with Crippen LogP contribution in [0.4, 0.5) is 5.82 Å². The Bertz CT molecular complexity index is 473. The van der Waals surface area contributed by atoms with Crippen LogP contribution in [-0.2, 0) is 4.79 Å². The van der Waals surface area contributed by atoms with E-state index in [1.54, 1.807) is 12.1 Å². The molecule has 0 atom stereocenters. The topological polar surface area (TPSA) is 81.0 Å². The molecule has 1 aliphatic heterocycles. The number of pyridine rings is 1. The van der Waals surface area contributed by atoms with E-state index >= 15 is 0 Å². The Balaban J connectivity index is 1.59. The first-order chi connectivity index (χ1) is 9.79. The molecule has 2 rings (SSSR count). The number of hydrogen-bond acceptors (Lipinski definition) is 5. The molecule has 0 saturated carbocycles. The van der Waals surface area contributed by atoms with Gasteiger partial charge in [-0.25, -0.2) is 4.98 Å². The highest BCUT2D eigenvalue weighted by molar-refractivity contribution is 5.78. The number of nitriles is 1. The number of rotatable bonds is 6. The predicted molar refractivity (Wildman–Crippen MR) is 76.1 cm³/mol. The first-order valence-electron chi connectivity index (χ1n) is 6.88. The van der Waals surface area contributed by atoms with Gasteiger partial charge in [0.1, 0.15) is 11.9 Å². The molecule has 2 N–H and O–H groups in total. The Hall–Kier alpha value is -2.13. The molecule has 0 bridgehead atoms. The Labute approximate surface area is 118 Å². The molecule has 1 aliphatic rings. The third-order valence-corrected chi connectivity index (χ3v) is 3.24. The summed E-state index contributed by atoms with van der Waals surface area (Å²) in [5.41, 5.74) is 0.546. The maximum absolute atomic E-state index is 11.7. The van der Waals surface area contributed by atoms with Crippen LogP contribution in [-0.4, -0.2) is 48.5 Å². The van der Waals surface area contributed by atoms with Gasteiger partial charge in [-0.15, -0.1) is 0 Å². The van der Waals surface area contributed by atoms with Gasteiger partial charge in [-0.05, 0) is 25.0 Å². The number of carbonyl (C=O) groups excluding carboxylic acids is 1. The average Bonchev–Trinajstić information content (AvgIpc) is 3.01. The normalized spacial score (nSPS) is 14.1. The molecular weight excluding hydrogens is 254 g/mol. The van der Waals surface area contributed by atoms with Gasteiger partial charge in [-0.3, -0.25) is 4.79 Å². The predicted octanol–water partition coefficient (Wildman–Crippen LogP) is 0.577. The molecular formula is C14H19N5O. The molecule has 1 aromatic rings. The second kappa shape index (κ2) is 7.46. The zero-order valence-electron chi connectivity index (χ0n) is 11.4. The van der Waals surface area contributed by atoms with Gasteiger partial charge in [0, 0.05) is 32.4 Å². The van der Waals surface area contributed by atoms with Crippen LogP contribution in [0.25, 0.3) is 0 Å². The van der Waals surface area contributed by atoms with Crippen LogP contribution in [0.5, 0.6) is 0 Å². The number of anilines is 1. The van der Waals surface area contributed by atoms with Crippen molar-refractivity contribution in [2.24, 2.45) is 0 Å². The number of likely N-dealkylation sites (tertiary alicyclic amines) is 1. The van der Waals surface area contributed by atoms with E-state index in [2.05, 4.69) is 15.6 Å². The summed E-state index contributed by atoms with van der Waals surface area (Å²) < 4.78 is 0. The molecule has 106 valence electrons. The van der Waals surface area contributed by atoms with Crippen molar-refractivity contribution in [3.8, 4) is 6.07 Å². The van der Waals surface area contributed by atoms with Crippen LogP contribution < -0.4 is 10.6 Å². The maximum atomic E-state index is 11.7. The number of hydrogen-bond donors (Lipinski definition) is 2. The lowest BCUT2D eigenvalue weighted by Gasteiger charge is -2.15. The summed E-state index contributed by atoms with van der Waals surface area (Å²) in [5.74, 6) is 0.913. The van der Waals surface area contributed by atoms with Crippen molar-refractivity contribution in [1.29, 1.82) is 5.26 Å². The Morgan fingerprint density at radius 1 is 1.35 bits per heavy atom. The van der Waals surface area contributed by atoms with Gasteiger partial charge in [0.15, 0.2) is 0 Å². The molecule has 20 heavy (non-hydrogen) atoms. The zero-order valence-corrected chi connectivity index (χ0v) is 11.4. The second-order valence-corrected chi connectivity index (χ2v) is 4.74. The van der Waals surface area contributed by atoms with Crippen molar-refractivity contribution in [2.75, 3.05) is 38.0 Å². The van der Waals surface area contributed by atoms with Gasteiger partial charge in [-0.1, -0.05) is 0 Å². The summed E-state index contributed by atoms with van der Waals surface area (Å²) in [7, 11) is 0. The molecule has 1 fully saturated rings. The third kappa shape index (κ3) is 4.21. The number of aromatic nitrogens is 1. The summed E-state index contributed by atoms with van der Waals surface area (Å²) in [5, 5.41) is 14.9. The average molecular weight is 273 g/mol. The minimum atomic E-state index is 0.180. The Morgan fingerprint density at radius 3 is 2.80 bits per heavy atom. The molecule has 0 radical (unpaired) electrons. The van der Waals surface area contributed by atoms with Gasteiger partial charge in [0.2, 0.25) is 5.91 Å². The first kappa shape index (κ1) is 14.3. The van der Waals surface area contributed by atoms with Gasteiger partial charge in [-0.2, -0.15) is 5.26 Å². The highest BCUT2D eigenvalue weighted by Gasteiger charge is 2.16. The molecule has 1 saturated heterocycles. The van der Waals surface area contributed by atoms with Crippen LogP contribution in [0, 0.1) is 11.3 Å². The van der Waals surface area contributed by atoms with Crippen molar-refractivity contribution in [2.45, 2.75) is 12.8 Å². The molecule has 0 spiro atoms. The summed E-state index contributed by atoms with van der Waals surface area (Å²) in [4.78, 5) is 17.8. The molecule has 6 nitrogen and oxygen atoms in total. The molecule has 0 unspecified atom stereocenters. The Kier molecular flexibility index (Phi) is 5.33. The van der Waals surface area contributed by atoms with Gasteiger partial charge in [0.25, 0.3) is 0 Å². The molecule has 1 aromatic heterocycles. The van der Waals surface area contributed by atoms with Crippen LogP contribution in [0.2, 0.25) is 0 Å². The number of nitrogens with one attached hydrogen (secondary N) is 2. The van der Waals surface area contributed by atoms with E-state index in [0.29, 0.717) is 25.2 Å². The summed E-state index contributed by atoms with van der Waals surface area (Å²) >= 11 is 0. The first-order valence-corrected chi connectivity index (χ1v) is 6.88. The van der Waals surface area contributed by atoms with E-state index in [1.807, 2.05) is 11.0 Å². The van der Waals surface area contributed by atoms with E-state index in [-0.39, 0.29) is 5.91 Å². The number of amides is 1. The van der Waals surface area contributed by atoms with Crippen molar-refractivity contribution in [3.05, 3.63) is 23.9 Å². The van der Waals surface area contributed by atoms with Crippen molar-refractivity contribution < 1.29 is 4.79 Å². The largest absolute Gasteiger partial charge is 0.369 e. The lowest BCUT2D eigenvalue weighted by Crippen LogP contribution is -2.37. The van der Waals surface area contributed by atoms with Gasteiger partial charge < -0.3 is 15.5 Å². The third-order valence-electron chi connectivity index (χ3n) is 3.24. The van der Waals surface area contributed by atoms with E-state index in [9.17, 15) is 4.79 Å². The van der Waals surface area contributed by atoms with E-state index < -0.39 is 0 Å². The SMILES string of the molecule is N#Cc1ccc(NCCNCC(=O)N2CCCC2)nc1. The fraction of sp³-hybridized carbons (Fsp3) is 0.500. The smallest absolute Gasteiger partial charge is 0.236 e. The van der Waals surface area contributed by atoms with Crippen LogP contribution >= 0.6 is 0 Å². The molecule has 6 heteroatoms. The minimum Gasteiger partial charge on any atom is -0.369 e. The highest BCUT2D eigenvalue weighted by Crippen LogP contribution is 2.06. The lowest BCUT2D eigenvalue weighted by atomic mass is 10.3. The summed E-state index contributed by atoms with van der Waals surface area (Å²) in [6.45, 7) is 3.57. The minimum absolute atomic E-state index is 0.180. The lowest BCUT2D eigenvalue weighted by molar-refractivity contribution is -0.129. The Morgan fingerprint density at radius 2 is 2.15 bits per heavy atom. The van der Waals surface area contributed by atoms with E-state index in [1.165, 1.54) is 6.20 Å². The van der Waals surface area contributed by atoms with E-state index in [4.69, 9.17) is 5.26 Å². The fourth-order valence-electron chi connectivity index (χ4n) is 2.12. The van der Waals surface area contributed by atoms with Crippen LogP contribution in [0.1, 0.15) is 18.4 Å². The molecule has 2 heterocycles. The highest BCUT2D eigenvalue weighted by atomic mass is 16.2. The van der Waals surface area contributed by atoms with Gasteiger partial charge >= 0.3 is 0 Å². The standard InChI is InChI=1S/C14H19N5O/c15-9-12-3-4-13(18-10-12)17-6-5-16-11-14(20)19-7-1-2-8-19/h3-4,10,16H,1-2,5-8,11H2,(H,17,18). The number of carbonyl (C=O) groups is 1. The fourth-order valence-corrected chi connectivity index (χ4v) is 2.12. The van der Waals surface area contributed by atoms with Crippen molar-refractivity contribution >= 4 is 11.7 Å². The maximum Gasteiger partial charge on any atom is 0.236 e. The van der Waals surface area contributed by atoms with Crippen LogP contribution in [0.3, 0.4) is 0 Å². The number of nitrogens with zero attached hydrogens (tertiary/aromatic N) is 3. The van der Waals surface area contributed by atoms with E-state index in [0.717, 1.165) is 31.7 Å². The van der Waals surface area contributed by atoms with Crippen molar-refractivity contribution in [1.82, 2.24) is 15.2 Å². The van der Waals surface area contributed by atoms with Gasteiger partial charge in [0.05, 0.1) is 12.1 Å². The summed E-state index contributed by atoms with van der Waals surface area (Å²) in [6.07, 6.45) is 3.78. The molecule has 0 aromatic carbocycles. The summed E-state index contributed by atoms with van der Waals surface area (Å²) in [6, 6.07) is 5.52. The molecule has 1 amide bonds. The molecule has 0 aliphatic carbocycles.